The number of nitrogens with one attached hydrogen (secondary N) is 1. The number of hydrogen-bond donors (Lipinski definition) is 2. The predicted molar refractivity (Wildman–Crippen MR) is 48.7 cm³/mol. The standard InChI is InChI=1S/C9H16N2O2/c1-6(5-10)11-8(13)7(12)9(2,3)4/h6-7,12H,1-4H3,(H,11,13). The van der Waals surface area contributed by atoms with Gasteiger partial charge in [0.2, 0.25) is 5.91 Å². The molecule has 0 aromatic heterocycles. The molecule has 0 heterocycles. The third-order valence-corrected chi connectivity index (χ3v) is 1.62. The summed E-state index contributed by atoms with van der Waals surface area (Å²) in [5.41, 5.74) is -0.501. The molecule has 0 radical (unpaired) electrons. The van der Waals surface area contributed by atoms with Crippen LogP contribution in [0.3, 0.4) is 0 Å². The van der Waals surface area contributed by atoms with E-state index in [1.54, 1.807) is 27.7 Å². The van der Waals surface area contributed by atoms with Crippen molar-refractivity contribution < 1.29 is 9.90 Å². The van der Waals surface area contributed by atoms with Crippen LogP contribution >= 0.6 is 0 Å². The Morgan fingerprint density at radius 1 is 1.54 bits per heavy atom. The molecule has 4 heteroatoms. The van der Waals surface area contributed by atoms with Crippen molar-refractivity contribution in [2.24, 2.45) is 5.41 Å². The van der Waals surface area contributed by atoms with Crippen LogP contribution in [-0.2, 0) is 4.79 Å². The molecule has 0 spiro atoms. The maximum atomic E-state index is 11.2. The van der Waals surface area contributed by atoms with Crippen molar-refractivity contribution in [3.8, 4) is 6.07 Å². The van der Waals surface area contributed by atoms with Gasteiger partial charge < -0.3 is 10.4 Å². The lowest BCUT2D eigenvalue weighted by Crippen LogP contribution is -2.45. The maximum absolute atomic E-state index is 11.2. The number of hydrogen-bond acceptors (Lipinski definition) is 3. The fraction of sp³-hybridized carbons (Fsp3) is 0.778. The van der Waals surface area contributed by atoms with E-state index in [1.807, 2.05) is 6.07 Å². The Kier molecular flexibility index (Phi) is 3.89. The van der Waals surface area contributed by atoms with E-state index in [1.165, 1.54) is 0 Å². The van der Waals surface area contributed by atoms with E-state index in [0.717, 1.165) is 0 Å². The second-order valence-electron chi connectivity index (χ2n) is 4.13. The number of aliphatic hydroxyl groups is 1. The van der Waals surface area contributed by atoms with Gasteiger partial charge in [-0.1, -0.05) is 20.8 Å². The number of aliphatic hydroxyl groups excluding tert-OH is 1. The largest absolute Gasteiger partial charge is 0.383 e. The number of carbonyl (C=O) groups is 1. The van der Waals surface area contributed by atoms with Gasteiger partial charge in [-0.2, -0.15) is 5.26 Å². The minimum absolute atomic E-state index is 0.499. The number of carbonyl (C=O) groups excluding carboxylic acids is 1. The highest BCUT2D eigenvalue weighted by molar-refractivity contribution is 5.81. The van der Waals surface area contributed by atoms with Gasteiger partial charge in [-0.25, -0.2) is 0 Å². The molecule has 0 aromatic carbocycles. The van der Waals surface area contributed by atoms with E-state index in [2.05, 4.69) is 5.32 Å². The van der Waals surface area contributed by atoms with Gasteiger partial charge in [0, 0.05) is 0 Å². The highest BCUT2D eigenvalue weighted by atomic mass is 16.3. The number of nitriles is 1. The zero-order valence-corrected chi connectivity index (χ0v) is 8.46. The Morgan fingerprint density at radius 3 is 2.31 bits per heavy atom. The summed E-state index contributed by atoms with van der Waals surface area (Å²) >= 11 is 0. The van der Waals surface area contributed by atoms with Crippen LogP contribution < -0.4 is 5.32 Å². The van der Waals surface area contributed by atoms with Gasteiger partial charge in [0.05, 0.1) is 6.07 Å². The SMILES string of the molecule is CC(C#N)NC(=O)C(O)C(C)(C)C. The molecule has 74 valence electrons. The quantitative estimate of drug-likeness (QED) is 0.653. The van der Waals surface area contributed by atoms with Crippen molar-refractivity contribution in [1.29, 1.82) is 5.26 Å². The zero-order chi connectivity index (χ0) is 10.6. The molecule has 2 unspecified atom stereocenters. The van der Waals surface area contributed by atoms with Gasteiger partial charge in [-0.3, -0.25) is 4.79 Å². The van der Waals surface area contributed by atoms with Crippen molar-refractivity contribution in [1.82, 2.24) is 5.32 Å². The van der Waals surface area contributed by atoms with Gasteiger partial charge in [-0.05, 0) is 12.3 Å². The molecule has 0 aliphatic heterocycles. The minimum atomic E-state index is -1.08. The lowest BCUT2D eigenvalue weighted by molar-refractivity contribution is -0.134. The monoisotopic (exact) mass is 184 g/mol. The molecule has 0 aliphatic carbocycles. The van der Waals surface area contributed by atoms with Gasteiger partial charge in [0.15, 0.2) is 0 Å². The van der Waals surface area contributed by atoms with Gasteiger partial charge in [0.25, 0.3) is 0 Å². The molecule has 1 amide bonds. The van der Waals surface area contributed by atoms with Crippen molar-refractivity contribution >= 4 is 5.91 Å². The maximum Gasteiger partial charge on any atom is 0.250 e. The average molecular weight is 184 g/mol. The van der Waals surface area contributed by atoms with Gasteiger partial charge >= 0.3 is 0 Å². The topological polar surface area (TPSA) is 73.1 Å². The molecule has 13 heavy (non-hydrogen) atoms. The first kappa shape index (κ1) is 11.9. The Balaban J connectivity index is 4.22. The molecule has 2 atom stereocenters. The van der Waals surface area contributed by atoms with Crippen molar-refractivity contribution in [3.63, 3.8) is 0 Å². The Morgan fingerprint density at radius 2 is 2.00 bits per heavy atom. The minimum Gasteiger partial charge on any atom is -0.383 e. The molecule has 0 saturated heterocycles. The highest BCUT2D eigenvalue weighted by Crippen LogP contribution is 2.18. The van der Waals surface area contributed by atoms with Crippen molar-refractivity contribution in [2.45, 2.75) is 39.8 Å². The first-order valence-electron chi connectivity index (χ1n) is 4.17. The van der Waals surface area contributed by atoms with Crippen LogP contribution in [0.1, 0.15) is 27.7 Å². The molecule has 0 aliphatic rings. The predicted octanol–water partition coefficient (Wildman–Crippen LogP) is 0.422. The smallest absolute Gasteiger partial charge is 0.250 e. The fourth-order valence-corrected chi connectivity index (χ4v) is 0.718. The normalized spacial score (nSPS) is 15.7. The summed E-state index contributed by atoms with van der Waals surface area (Å²) in [7, 11) is 0. The molecule has 0 saturated carbocycles. The van der Waals surface area contributed by atoms with Crippen molar-refractivity contribution in [3.05, 3.63) is 0 Å². The van der Waals surface area contributed by atoms with Crippen LogP contribution in [-0.4, -0.2) is 23.2 Å². The van der Waals surface area contributed by atoms with E-state index >= 15 is 0 Å². The third-order valence-electron chi connectivity index (χ3n) is 1.62. The van der Waals surface area contributed by atoms with Gasteiger partial charge in [0.1, 0.15) is 12.1 Å². The summed E-state index contributed by atoms with van der Waals surface area (Å²) in [5, 5.41) is 20.3. The van der Waals surface area contributed by atoms with Crippen LogP contribution in [0.4, 0.5) is 0 Å². The molecule has 4 nitrogen and oxygen atoms in total. The second-order valence-corrected chi connectivity index (χ2v) is 4.13. The zero-order valence-electron chi connectivity index (χ0n) is 8.46. The first-order chi connectivity index (χ1) is 5.79. The summed E-state index contributed by atoms with van der Waals surface area (Å²) in [6, 6.07) is 1.29. The first-order valence-corrected chi connectivity index (χ1v) is 4.17. The summed E-state index contributed by atoms with van der Waals surface area (Å²) < 4.78 is 0. The number of nitrogens with zero attached hydrogens (tertiary/aromatic N) is 1. The van der Waals surface area contributed by atoms with E-state index in [4.69, 9.17) is 5.26 Å². The van der Waals surface area contributed by atoms with Crippen LogP contribution in [0.5, 0.6) is 0 Å². The Labute approximate surface area is 78.6 Å². The molecule has 0 aromatic rings. The summed E-state index contributed by atoms with van der Waals surface area (Å²) in [6.07, 6.45) is -1.08. The number of rotatable bonds is 2. The lowest BCUT2D eigenvalue weighted by Gasteiger charge is -2.25. The van der Waals surface area contributed by atoms with E-state index < -0.39 is 23.5 Å². The molecule has 0 fully saturated rings. The van der Waals surface area contributed by atoms with Crippen LogP contribution in [0.2, 0.25) is 0 Å². The molecule has 0 bridgehead atoms. The summed E-state index contributed by atoms with van der Waals surface area (Å²) in [5.74, 6) is -0.499. The fourth-order valence-electron chi connectivity index (χ4n) is 0.718. The van der Waals surface area contributed by atoms with Crippen molar-refractivity contribution in [2.75, 3.05) is 0 Å². The number of amides is 1. The Hall–Kier alpha value is -1.08. The summed E-state index contributed by atoms with van der Waals surface area (Å²) in [4.78, 5) is 11.2. The van der Waals surface area contributed by atoms with Crippen LogP contribution in [0.15, 0.2) is 0 Å². The average Bonchev–Trinajstić information content (AvgIpc) is 2.01. The van der Waals surface area contributed by atoms with E-state index in [9.17, 15) is 9.90 Å². The molecule has 0 rings (SSSR count). The highest BCUT2D eigenvalue weighted by Gasteiger charge is 2.29. The lowest BCUT2D eigenvalue weighted by atomic mass is 9.88. The van der Waals surface area contributed by atoms with Crippen LogP contribution in [0, 0.1) is 16.7 Å². The summed E-state index contributed by atoms with van der Waals surface area (Å²) in [6.45, 7) is 6.84. The third kappa shape index (κ3) is 3.90. The molecular weight excluding hydrogens is 168 g/mol. The van der Waals surface area contributed by atoms with Crippen LogP contribution in [0.25, 0.3) is 0 Å². The Bertz CT molecular complexity index is 225. The second kappa shape index (κ2) is 4.24. The van der Waals surface area contributed by atoms with E-state index in [-0.39, 0.29) is 0 Å². The molecule has 2 N–H and O–H groups in total. The van der Waals surface area contributed by atoms with E-state index in [0.29, 0.717) is 0 Å². The molecular formula is C9H16N2O2. The van der Waals surface area contributed by atoms with Gasteiger partial charge in [-0.15, -0.1) is 0 Å².